The van der Waals surface area contributed by atoms with E-state index in [9.17, 15) is 23.1 Å². The minimum atomic E-state index is -4.54. The van der Waals surface area contributed by atoms with Gasteiger partial charge in [-0.1, -0.05) is 6.07 Å². The van der Waals surface area contributed by atoms with Crippen LogP contribution in [0.4, 0.5) is 24.5 Å². The van der Waals surface area contributed by atoms with Gasteiger partial charge in [-0.15, -0.1) is 0 Å². The van der Waals surface area contributed by atoms with Crippen LogP contribution in [0.3, 0.4) is 0 Å². The largest absolute Gasteiger partial charge is 0.416 e. The number of anilines is 2. The van der Waals surface area contributed by atoms with Gasteiger partial charge in [0.15, 0.2) is 0 Å². The van der Waals surface area contributed by atoms with E-state index in [1.807, 2.05) is 26.8 Å². The van der Waals surface area contributed by atoms with Crippen molar-refractivity contribution in [2.75, 3.05) is 30.0 Å². The zero-order valence-corrected chi connectivity index (χ0v) is 21.3. The van der Waals surface area contributed by atoms with E-state index >= 15 is 0 Å². The molecule has 0 aliphatic carbocycles. The molecular formula is C28H29F3N4O3. The highest BCUT2D eigenvalue weighted by Gasteiger charge is 2.43. The van der Waals surface area contributed by atoms with Crippen LogP contribution in [0, 0.1) is 12.8 Å². The van der Waals surface area contributed by atoms with Gasteiger partial charge in [0, 0.05) is 41.0 Å². The van der Waals surface area contributed by atoms with Gasteiger partial charge >= 0.3 is 6.18 Å². The summed E-state index contributed by atoms with van der Waals surface area (Å²) >= 11 is 0. The maximum atomic E-state index is 13.1. The molecule has 200 valence electrons. The fourth-order valence-electron chi connectivity index (χ4n) is 5.29. The number of morpholine rings is 1. The lowest BCUT2D eigenvalue weighted by atomic mass is 9.77. The molecule has 0 radical (unpaired) electrons. The summed E-state index contributed by atoms with van der Waals surface area (Å²) in [6.45, 7) is 7.26. The van der Waals surface area contributed by atoms with Crippen LogP contribution < -0.4 is 10.2 Å². The molecule has 38 heavy (non-hydrogen) atoms. The number of ether oxygens (including phenoxy) is 1. The van der Waals surface area contributed by atoms with Crippen LogP contribution >= 0.6 is 0 Å². The van der Waals surface area contributed by atoms with Crippen molar-refractivity contribution in [1.82, 2.24) is 9.97 Å². The Morgan fingerprint density at radius 1 is 1.16 bits per heavy atom. The smallest absolute Gasteiger partial charge is 0.390 e. The molecule has 10 heteroatoms. The number of hydrogen-bond acceptors (Lipinski definition) is 6. The van der Waals surface area contributed by atoms with Gasteiger partial charge in [-0.25, -0.2) is 0 Å². The first-order valence-corrected chi connectivity index (χ1v) is 12.4. The molecule has 1 amide bonds. The molecule has 2 aliphatic rings. The highest BCUT2D eigenvalue weighted by atomic mass is 19.4. The molecule has 2 atom stereocenters. The van der Waals surface area contributed by atoms with E-state index in [1.165, 1.54) is 18.3 Å². The molecule has 1 saturated heterocycles. The Kier molecular flexibility index (Phi) is 6.65. The van der Waals surface area contributed by atoms with Crippen molar-refractivity contribution in [3.63, 3.8) is 0 Å². The lowest BCUT2D eigenvalue weighted by Gasteiger charge is -2.49. The van der Waals surface area contributed by atoms with Gasteiger partial charge in [-0.2, -0.15) is 13.2 Å². The molecule has 2 aromatic heterocycles. The van der Waals surface area contributed by atoms with Crippen molar-refractivity contribution in [2.45, 2.75) is 45.0 Å². The minimum Gasteiger partial charge on any atom is -0.390 e. The number of hydrogen-bond donors (Lipinski definition) is 2. The Labute approximate surface area is 218 Å². The van der Waals surface area contributed by atoms with Gasteiger partial charge in [0.1, 0.15) is 0 Å². The Hall–Kier alpha value is -3.50. The van der Waals surface area contributed by atoms with Crippen molar-refractivity contribution in [2.24, 2.45) is 5.92 Å². The Balaban J connectivity index is 1.44. The summed E-state index contributed by atoms with van der Waals surface area (Å²) in [6, 6.07) is 8.10. The van der Waals surface area contributed by atoms with Crippen LogP contribution in [-0.2, 0) is 17.3 Å². The number of fused-ring (bicyclic) bond motifs is 3. The zero-order valence-electron chi connectivity index (χ0n) is 21.3. The maximum Gasteiger partial charge on any atom is 0.416 e. The fraction of sp³-hybridized carbons (Fsp3) is 0.393. The number of aliphatic hydroxyl groups is 1. The molecule has 2 N–H and O–H groups in total. The van der Waals surface area contributed by atoms with Crippen LogP contribution in [0.15, 0.2) is 48.8 Å². The summed E-state index contributed by atoms with van der Waals surface area (Å²) in [5.74, 6) is -0.698. The summed E-state index contributed by atoms with van der Waals surface area (Å²) in [6.07, 6.45) is -0.694. The second-order valence-electron chi connectivity index (χ2n) is 10.4. The number of pyridine rings is 2. The predicted octanol–water partition coefficient (Wildman–Crippen LogP) is 4.87. The standard InChI is InChI=1S/C28H29F3N4O3/c1-16-21(11-20(14-32-16)34-26(36)17-5-4-6-19(9-17)28(29,30)31)18-10-24-23(33-13-18)12-22(27(2,3)37)25-15-38-8-7-35(24)25/h4-6,9-11,13-14,22,25,37H,7-8,12,15H2,1-3H3,(H,34,36). The first-order valence-electron chi connectivity index (χ1n) is 12.4. The van der Waals surface area contributed by atoms with Crippen molar-refractivity contribution in [1.29, 1.82) is 0 Å². The maximum absolute atomic E-state index is 13.1. The third-order valence-electron chi connectivity index (χ3n) is 7.32. The summed E-state index contributed by atoms with van der Waals surface area (Å²) in [4.78, 5) is 24.1. The number of aryl methyl sites for hydroxylation is 1. The number of alkyl halides is 3. The van der Waals surface area contributed by atoms with Gasteiger partial charge < -0.3 is 20.1 Å². The molecule has 2 unspecified atom stereocenters. The molecule has 1 fully saturated rings. The van der Waals surface area contributed by atoms with Gasteiger partial charge in [-0.3, -0.25) is 14.8 Å². The number of amides is 1. The Morgan fingerprint density at radius 3 is 2.68 bits per heavy atom. The summed E-state index contributed by atoms with van der Waals surface area (Å²) in [5.41, 5.74) is 2.62. The SMILES string of the molecule is Cc1ncc(NC(=O)c2cccc(C(F)(F)F)c2)cc1-c1cnc2c(c1)N1CCOCC1C(C(C)(C)O)C2. The van der Waals surface area contributed by atoms with Gasteiger partial charge in [0.25, 0.3) is 5.91 Å². The number of nitrogens with zero attached hydrogens (tertiary/aromatic N) is 3. The van der Waals surface area contributed by atoms with Crippen molar-refractivity contribution >= 4 is 17.3 Å². The van der Waals surface area contributed by atoms with Crippen molar-refractivity contribution in [3.05, 3.63) is 71.3 Å². The van der Waals surface area contributed by atoms with E-state index in [0.29, 0.717) is 37.6 Å². The molecule has 2 aliphatic heterocycles. The van der Waals surface area contributed by atoms with E-state index in [4.69, 9.17) is 9.72 Å². The van der Waals surface area contributed by atoms with Gasteiger partial charge in [0.05, 0.1) is 53.7 Å². The number of carbonyl (C=O) groups excluding carboxylic acids is 1. The fourth-order valence-corrected chi connectivity index (χ4v) is 5.29. The monoisotopic (exact) mass is 526 g/mol. The Bertz CT molecular complexity index is 1370. The molecule has 3 aromatic rings. The lowest BCUT2D eigenvalue weighted by molar-refractivity contribution is -0.137. The average molecular weight is 527 g/mol. The quantitative estimate of drug-likeness (QED) is 0.505. The summed E-state index contributed by atoms with van der Waals surface area (Å²) < 4.78 is 45.0. The zero-order chi connectivity index (χ0) is 27.2. The topological polar surface area (TPSA) is 87.6 Å². The first-order chi connectivity index (χ1) is 17.9. The number of rotatable bonds is 4. The summed E-state index contributed by atoms with van der Waals surface area (Å²) in [7, 11) is 0. The highest BCUT2D eigenvalue weighted by Crippen LogP contribution is 2.41. The molecular weight excluding hydrogens is 497 g/mol. The first kappa shape index (κ1) is 26.1. The second kappa shape index (κ2) is 9.67. The lowest BCUT2D eigenvalue weighted by Crippen LogP contribution is -2.58. The average Bonchev–Trinajstić information content (AvgIpc) is 2.88. The van der Waals surface area contributed by atoms with Gasteiger partial charge in [-0.05, 0) is 57.5 Å². The van der Waals surface area contributed by atoms with Crippen LogP contribution in [0.1, 0.15) is 41.2 Å². The van der Waals surface area contributed by atoms with Crippen LogP contribution in [0.5, 0.6) is 0 Å². The van der Waals surface area contributed by atoms with E-state index in [-0.39, 0.29) is 17.5 Å². The number of benzene rings is 1. The molecule has 0 spiro atoms. The van der Waals surface area contributed by atoms with E-state index < -0.39 is 23.2 Å². The van der Waals surface area contributed by atoms with Crippen LogP contribution in [0.25, 0.3) is 11.1 Å². The highest BCUT2D eigenvalue weighted by molar-refractivity contribution is 6.04. The van der Waals surface area contributed by atoms with Crippen LogP contribution in [-0.4, -0.2) is 52.4 Å². The van der Waals surface area contributed by atoms with E-state index in [2.05, 4.69) is 15.2 Å². The molecule has 7 nitrogen and oxygen atoms in total. The third kappa shape index (κ3) is 5.10. The molecule has 0 saturated carbocycles. The van der Waals surface area contributed by atoms with Crippen molar-refractivity contribution < 1.29 is 27.8 Å². The number of nitrogens with one attached hydrogen (secondary N) is 1. The second-order valence-corrected chi connectivity index (χ2v) is 10.4. The normalized spacial score (nSPS) is 19.5. The third-order valence-corrected chi connectivity index (χ3v) is 7.32. The molecule has 0 bridgehead atoms. The molecule has 4 heterocycles. The number of halogens is 3. The number of carbonyl (C=O) groups is 1. The predicted molar refractivity (Wildman–Crippen MR) is 137 cm³/mol. The van der Waals surface area contributed by atoms with Gasteiger partial charge in [0.2, 0.25) is 0 Å². The van der Waals surface area contributed by atoms with Crippen molar-refractivity contribution in [3.8, 4) is 11.1 Å². The van der Waals surface area contributed by atoms with Crippen LogP contribution in [0.2, 0.25) is 0 Å². The van der Waals surface area contributed by atoms with E-state index in [0.717, 1.165) is 34.6 Å². The number of aromatic nitrogens is 2. The van der Waals surface area contributed by atoms with E-state index in [1.54, 1.807) is 12.3 Å². The molecule has 5 rings (SSSR count). The minimum absolute atomic E-state index is 0.0191. The molecule has 1 aromatic carbocycles. The summed E-state index contributed by atoms with van der Waals surface area (Å²) in [5, 5.41) is 13.5. The Morgan fingerprint density at radius 2 is 1.95 bits per heavy atom.